The maximum absolute atomic E-state index is 5.74. The molecule has 0 aliphatic carbocycles. The summed E-state index contributed by atoms with van der Waals surface area (Å²) in [6.45, 7) is 1.97. The number of rotatable bonds is 1. The first-order valence-corrected chi connectivity index (χ1v) is 3.96. The molecule has 1 heterocycles. The summed E-state index contributed by atoms with van der Waals surface area (Å²) >= 11 is 0. The van der Waals surface area contributed by atoms with Crippen LogP contribution in [0.15, 0.2) is 24.5 Å². The monoisotopic (exact) mass is 197 g/mol. The molecule has 2 aromatic rings. The first-order chi connectivity index (χ1) is 5.77. The molecule has 0 saturated carbocycles. The van der Waals surface area contributed by atoms with Gasteiger partial charge in [-0.15, -0.1) is 12.4 Å². The normalized spacial score (nSPS) is 12.5. The molecule has 0 aliphatic heterocycles. The number of aromatic amines is 1. The SMILES string of the molecule is CC(N)c1ccc2nc[nH]c2c1.Cl. The fourth-order valence-electron chi connectivity index (χ4n) is 1.24. The number of nitrogens with zero attached hydrogens (tertiary/aromatic N) is 1. The van der Waals surface area contributed by atoms with Gasteiger partial charge in [0.1, 0.15) is 0 Å². The highest BCUT2D eigenvalue weighted by Crippen LogP contribution is 2.15. The Morgan fingerprint density at radius 3 is 2.92 bits per heavy atom. The predicted molar refractivity (Wildman–Crippen MR) is 55.9 cm³/mol. The molecule has 0 aliphatic rings. The summed E-state index contributed by atoms with van der Waals surface area (Å²) in [6, 6.07) is 6.10. The Bertz CT molecular complexity index is 394. The third-order valence-corrected chi connectivity index (χ3v) is 1.97. The third-order valence-electron chi connectivity index (χ3n) is 1.97. The lowest BCUT2D eigenvalue weighted by Crippen LogP contribution is -2.04. The second-order valence-corrected chi connectivity index (χ2v) is 2.97. The van der Waals surface area contributed by atoms with Crippen molar-refractivity contribution in [3.8, 4) is 0 Å². The number of nitrogens with two attached hydrogens (primary N) is 1. The maximum atomic E-state index is 5.74. The van der Waals surface area contributed by atoms with E-state index in [0.717, 1.165) is 16.6 Å². The molecule has 0 saturated heterocycles. The van der Waals surface area contributed by atoms with Gasteiger partial charge >= 0.3 is 0 Å². The molecule has 3 N–H and O–H groups in total. The zero-order valence-corrected chi connectivity index (χ0v) is 8.14. The molecule has 0 radical (unpaired) electrons. The summed E-state index contributed by atoms with van der Waals surface area (Å²) < 4.78 is 0. The summed E-state index contributed by atoms with van der Waals surface area (Å²) in [7, 11) is 0. The first-order valence-electron chi connectivity index (χ1n) is 3.96. The van der Waals surface area contributed by atoms with Gasteiger partial charge in [0.25, 0.3) is 0 Å². The molecule has 1 unspecified atom stereocenters. The van der Waals surface area contributed by atoms with Gasteiger partial charge in [0.05, 0.1) is 17.4 Å². The minimum atomic E-state index is 0. The van der Waals surface area contributed by atoms with Crippen molar-refractivity contribution >= 4 is 23.4 Å². The second kappa shape index (κ2) is 3.77. The van der Waals surface area contributed by atoms with Gasteiger partial charge in [-0.3, -0.25) is 0 Å². The van der Waals surface area contributed by atoms with Crippen molar-refractivity contribution in [2.24, 2.45) is 5.73 Å². The van der Waals surface area contributed by atoms with Crippen LogP contribution < -0.4 is 5.73 Å². The van der Waals surface area contributed by atoms with E-state index >= 15 is 0 Å². The Morgan fingerprint density at radius 1 is 1.46 bits per heavy atom. The van der Waals surface area contributed by atoms with Gasteiger partial charge in [-0.2, -0.15) is 0 Å². The van der Waals surface area contributed by atoms with Crippen molar-refractivity contribution in [2.45, 2.75) is 13.0 Å². The summed E-state index contributed by atoms with van der Waals surface area (Å²) in [4.78, 5) is 7.17. The Balaban J connectivity index is 0.000000845. The Hall–Kier alpha value is -1.06. The molecule has 1 atom stereocenters. The van der Waals surface area contributed by atoms with Crippen LogP contribution in [0.1, 0.15) is 18.5 Å². The van der Waals surface area contributed by atoms with E-state index in [0.29, 0.717) is 0 Å². The predicted octanol–water partition coefficient (Wildman–Crippen LogP) is 2.00. The maximum Gasteiger partial charge on any atom is 0.0931 e. The smallest absolute Gasteiger partial charge is 0.0931 e. The number of fused-ring (bicyclic) bond motifs is 1. The highest BCUT2D eigenvalue weighted by Gasteiger charge is 2.01. The molecule has 4 heteroatoms. The number of halogens is 1. The van der Waals surface area contributed by atoms with E-state index in [4.69, 9.17) is 5.73 Å². The van der Waals surface area contributed by atoms with Gasteiger partial charge in [-0.1, -0.05) is 6.07 Å². The van der Waals surface area contributed by atoms with Crippen LogP contribution in [-0.2, 0) is 0 Å². The molecule has 1 aromatic carbocycles. The fraction of sp³-hybridized carbons (Fsp3) is 0.222. The number of hydrogen-bond acceptors (Lipinski definition) is 2. The average Bonchev–Trinajstić information content (AvgIpc) is 2.49. The quantitative estimate of drug-likeness (QED) is 0.735. The molecule has 0 amide bonds. The van der Waals surface area contributed by atoms with Crippen LogP contribution in [0.2, 0.25) is 0 Å². The summed E-state index contributed by atoms with van der Waals surface area (Å²) in [6.07, 6.45) is 1.69. The number of benzene rings is 1. The van der Waals surface area contributed by atoms with Crippen LogP contribution in [-0.4, -0.2) is 9.97 Å². The number of imidazole rings is 1. The highest BCUT2D eigenvalue weighted by molar-refractivity contribution is 5.85. The topological polar surface area (TPSA) is 54.7 Å². The van der Waals surface area contributed by atoms with Gasteiger partial charge in [-0.05, 0) is 24.6 Å². The van der Waals surface area contributed by atoms with Gasteiger partial charge in [0.15, 0.2) is 0 Å². The van der Waals surface area contributed by atoms with Crippen molar-refractivity contribution in [1.29, 1.82) is 0 Å². The lowest BCUT2D eigenvalue weighted by Gasteiger charge is -2.03. The Morgan fingerprint density at radius 2 is 2.23 bits per heavy atom. The molecule has 0 bridgehead atoms. The minimum Gasteiger partial charge on any atom is -0.345 e. The molecule has 3 nitrogen and oxygen atoms in total. The molecule has 0 spiro atoms. The van der Waals surface area contributed by atoms with E-state index in [9.17, 15) is 0 Å². The lowest BCUT2D eigenvalue weighted by atomic mass is 10.1. The number of H-pyrrole nitrogens is 1. The standard InChI is InChI=1S/C9H11N3.ClH/c1-6(10)7-2-3-8-9(4-7)12-5-11-8;/h2-6H,10H2,1H3,(H,11,12);1H. The Labute approximate surface area is 82.8 Å². The second-order valence-electron chi connectivity index (χ2n) is 2.97. The van der Waals surface area contributed by atoms with Gasteiger partial charge < -0.3 is 10.7 Å². The van der Waals surface area contributed by atoms with Gasteiger partial charge in [0, 0.05) is 6.04 Å². The van der Waals surface area contributed by atoms with Crippen molar-refractivity contribution in [3.63, 3.8) is 0 Å². The van der Waals surface area contributed by atoms with Crippen LogP contribution >= 0.6 is 12.4 Å². The van der Waals surface area contributed by atoms with E-state index in [1.54, 1.807) is 6.33 Å². The molecule has 2 rings (SSSR count). The highest BCUT2D eigenvalue weighted by atomic mass is 35.5. The summed E-state index contributed by atoms with van der Waals surface area (Å²) in [5, 5.41) is 0. The first kappa shape index (κ1) is 10.0. The van der Waals surface area contributed by atoms with Crippen LogP contribution in [0, 0.1) is 0 Å². The lowest BCUT2D eigenvalue weighted by molar-refractivity contribution is 0.819. The number of nitrogens with one attached hydrogen (secondary N) is 1. The minimum absolute atomic E-state index is 0. The van der Waals surface area contributed by atoms with Crippen molar-refractivity contribution in [2.75, 3.05) is 0 Å². The van der Waals surface area contributed by atoms with Crippen LogP contribution in [0.25, 0.3) is 11.0 Å². The van der Waals surface area contributed by atoms with Crippen molar-refractivity contribution < 1.29 is 0 Å². The number of hydrogen-bond donors (Lipinski definition) is 2. The van der Waals surface area contributed by atoms with E-state index in [1.807, 2.05) is 25.1 Å². The molecule has 70 valence electrons. The largest absolute Gasteiger partial charge is 0.345 e. The van der Waals surface area contributed by atoms with E-state index in [-0.39, 0.29) is 18.4 Å². The summed E-state index contributed by atoms with van der Waals surface area (Å²) in [5.41, 5.74) is 8.90. The molecular weight excluding hydrogens is 186 g/mol. The van der Waals surface area contributed by atoms with E-state index < -0.39 is 0 Å². The zero-order valence-electron chi connectivity index (χ0n) is 7.32. The fourth-order valence-corrected chi connectivity index (χ4v) is 1.24. The number of aromatic nitrogens is 2. The summed E-state index contributed by atoms with van der Waals surface area (Å²) in [5.74, 6) is 0. The molecule has 13 heavy (non-hydrogen) atoms. The van der Waals surface area contributed by atoms with E-state index in [2.05, 4.69) is 9.97 Å². The van der Waals surface area contributed by atoms with Crippen molar-refractivity contribution in [3.05, 3.63) is 30.1 Å². The van der Waals surface area contributed by atoms with Crippen LogP contribution in [0.4, 0.5) is 0 Å². The van der Waals surface area contributed by atoms with Gasteiger partial charge in [0.2, 0.25) is 0 Å². The molecule has 0 fully saturated rings. The van der Waals surface area contributed by atoms with Crippen LogP contribution in [0.5, 0.6) is 0 Å². The Kier molecular flexibility index (Phi) is 2.90. The van der Waals surface area contributed by atoms with Gasteiger partial charge in [-0.25, -0.2) is 4.98 Å². The molecule has 1 aromatic heterocycles. The zero-order chi connectivity index (χ0) is 8.55. The van der Waals surface area contributed by atoms with Crippen LogP contribution in [0.3, 0.4) is 0 Å². The third kappa shape index (κ3) is 1.82. The molecular formula is C9H12ClN3. The van der Waals surface area contributed by atoms with E-state index in [1.165, 1.54) is 0 Å². The average molecular weight is 198 g/mol. The van der Waals surface area contributed by atoms with Crippen molar-refractivity contribution in [1.82, 2.24) is 9.97 Å².